The van der Waals surface area contributed by atoms with E-state index in [0.717, 1.165) is 48.3 Å². The number of rotatable bonds is 4. The molecule has 24 heavy (non-hydrogen) atoms. The summed E-state index contributed by atoms with van der Waals surface area (Å²) < 4.78 is 6.12. The van der Waals surface area contributed by atoms with Crippen LogP contribution in [0, 0.1) is 5.41 Å². The lowest BCUT2D eigenvalue weighted by Gasteiger charge is -2.27. The highest BCUT2D eigenvalue weighted by Gasteiger charge is 2.20. The first-order chi connectivity index (χ1) is 11.6. The molecule has 0 saturated heterocycles. The summed E-state index contributed by atoms with van der Waals surface area (Å²) in [4.78, 5) is 1.75. The number of benzene rings is 1. The molecule has 1 aliphatic carbocycles. The van der Waals surface area contributed by atoms with Crippen LogP contribution < -0.4 is 11.1 Å². The van der Waals surface area contributed by atoms with Crippen LogP contribution in [-0.4, -0.2) is 24.5 Å². The molecule has 0 radical (unpaired) electrons. The summed E-state index contributed by atoms with van der Waals surface area (Å²) in [5.74, 6) is 0.0971. The molecule has 1 aromatic carbocycles. The molecule has 0 aromatic heterocycles. The largest absolute Gasteiger partial charge is 0.493 e. The van der Waals surface area contributed by atoms with Crippen molar-refractivity contribution < 1.29 is 4.74 Å². The Morgan fingerprint density at radius 3 is 3.08 bits per heavy atom. The zero-order valence-electron chi connectivity index (χ0n) is 14.0. The molecule has 1 heterocycles. The van der Waals surface area contributed by atoms with Crippen LogP contribution in [0.5, 0.6) is 0 Å². The normalized spacial score (nSPS) is 18.6. The van der Waals surface area contributed by atoms with E-state index in [-0.39, 0.29) is 12.1 Å². The van der Waals surface area contributed by atoms with Crippen molar-refractivity contribution in [2.45, 2.75) is 25.4 Å². The standard InChI is InChI=1S/C19H24N4O/c1-23(19(20)21)12-6-11-18-15-8-3-5-10-17(15)22-16-9-4-2-7-14(16)13-24-18/h2-3,5,7-10,13,18,22H,4,6,11-12H2,1H3,(H3,20,21). The van der Waals surface area contributed by atoms with Crippen molar-refractivity contribution in [3.05, 3.63) is 65.6 Å². The number of guanidine groups is 1. The van der Waals surface area contributed by atoms with Crippen LogP contribution in [0.1, 0.15) is 30.9 Å². The second kappa shape index (κ2) is 7.25. The third-order valence-electron chi connectivity index (χ3n) is 4.37. The zero-order chi connectivity index (χ0) is 16.9. The molecule has 5 nitrogen and oxygen atoms in total. The lowest BCUT2D eigenvalue weighted by molar-refractivity contribution is 0.131. The number of nitrogens with zero attached hydrogens (tertiary/aromatic N) is 1. The first kappa shape index (κ1) is 16.2. The van der Waals surface area contributed by atoms with E-state index in [1.54, 1.807) is 4.90 Å². The molecule has 0 bridgehead atoms. The fourth-order valence-electron chi connectivity index (χ4n) is 2.94. The molecule has 1 aromatic rings. The van der Waals surface area contributed by atoms with Crippen molar-refractivity contribution >= 4 is 11.6 Å². The summed E-state index contributed by atoms with van der Waals surface area (Å²) in [6.07, 6.45) is 10.9. The van der Waals surface area contributed by atoms with Gasteiger partial charge in [-0.15, -0.1) is 0 Å². The average Bonchev–Trinajstić information content (AvgIpc) is 2.57. The van der Waals surface area contributed by atoms with Crippen molar-refractivity contribution in [1.82, 2.24) is 4.90 Å². The molecule has 0 saturated carbocycles. The Morgan fingerprint density at radius 2 is 2.25 bits per heavy atom. The monoisotopic (exact) mass is 324 g/mol. The number of nitrogens with two attached hydrogens (primary N) is 1. The molecular formula is C19H24N4O. The van der Waals surface area contributed by atoms with Crippen molar-refractivity contribution in [1.29, 1.82) is 5.41 Å². The minimum Gasteiger partial charge on any atom is -0.493 e. The van der Waals surface area contributed by atoms with Gasteiger partial charge < -0.3 is 20.7 Å². The number of anilines is 1. The highest BCUT2D eigenvalue weighted by atomic mass is 16.5. The molecule has 3 rings (SSSR count). The number of para-hydroxylation sites is 1. The van der Waals surface area contributed by atoms with E-state index in [1.165, 1.54) is 0 Å². The Labute approximate surface area is 143 Å². The zero-order valence-corrected chi connectivity index (χ0v) is 14.0. The first-order valence-electron chi connectivity index (χ1n) is 8.29. The van der Waals surface area contributed by atoms with Gasteiger partial charge in [0, 0.05) is 36.1 Å². The number of hydrogen-bond acceptors (Lipinski definition) is 3. The molecule has 0 fully saturated rings. The minimum absolute atomic E-state index is 0.0153. The van der Waals surface area contributed by atoms with Crippen molar-refractivity contribution in [2.24, 2.45) is 5.73 Å². The van der Waals surface area contributed by atoms with Gasteiger partial charge in [0.15, 0.2) is 5.96 Å². The van der Waals surface area contributed by atoms with Crippen LogP contribution in [0.3, 0.4) is 0 Å². The fraction of sp³-hybridized carbons (Fsp3) is 0.316. The molecule has 1 aliphatic heterocycles. The highest BCUT2D eigenvalue weighted by Crippen LogP contribution is 2.34. The number of hydrogen-bond donors (Lipinski definition) is 3. The second-order valence-corrected chi connectivity index (χ2v) is 6.12. The second-order valence-electron chi connectivity index (χ2n) is 6.12. The molecule has 4 N–H and O–H groups in total. The summed E-state index contributed by atoms with van der Waals surface area (Å²) in [5, 5.41) is 11.0. The van der Waals surface area contributed by atoms with Gasteiger partial charge in [0.2, 0.25) is 0 Å². The summed E-state index contributed by atoms with van der Waals surface area (Å²) in [6.45, 7) is 0.742. The Bertz CT molecular complexity index is 705. The number of fused-ring (bicyclic) bond motifs is 2. The van der Waals surface area contributed by atoms with E-state index in [4.69, 9.17) is 15.9 Å². The summed E-state index contributed by atoms with van der Waals surface area (Å²) in [6, 6.07) is 8.28. The van der Waals surface area contributed by atoms with Crippen LogP contribution in [0.4, 0.5) is 5.69 Å². The maximum atomic E-state index is 7.44. The fourth-order valence-corrected chi connectivity index (χ4v) is 2.94. The predicted molar refractivity (Wildman–Crippen MR) is 97.6 cm³/mol. The quantitative estimate of drug-likeness (QED) is 0.585. The van der Waals surface area contributed by atoms with E-state index in [2.05, 4.69) is 35.7 Å². The topological polar surface area (TPSA) is 74.4 Å². The van der Waals surface area contributed by atoms with Crippen molar-refractivity contribution in [3.8, 4) is 0 Å². The third-order valence-corrected chi connectivity index (χ3v) is 4.37. The van der Waals surface area contributed by atoms with Gasteiger partial charge in [-0.05, 0) is 25.3 Å². The predicted octanol–water partition coefficient (Wildman–Crippen LogP) is 3.50. The molecule has 1 atom stereocenters. The van der Waals surface area contributed by atoms with Gasteiger partial charge in [-0.2, -0.15) is 0 Å². The minimum atomic E-state index is -0.0153. The van der Waals surface area contributed by atoms with Gasteiger partial charge in [0.25, 0.3) is 0 Å². The molecule has 2 aliphatic rings. The smallest absolute Gasteiger partial charge is 0.188 e. The van der Waals surface area contributed by atoms with E-state index in [1.807, 2.05) is 25.4 Å². The van der Waals surface area contributed by atoms with Crippen molar-refractivity contribution in [3.63, 3.8) is 0 Å². The van der Waals surface area contributed by atoms with Crippen LogP contribution >= 0.6 is 0 Å². The molecule has 1 unspecified atom stereocenters. The SMILES string of the molecule is CN(CCCC1OC=C2C=CCC=C2Nc2ccccc21)C(=N)N. The lowest BCUT2D eigenvalue weighted by Crippen LogP contribution is -2.33. The van der Waals surface area contributed by atoms with Crippen LogP contribution in [0.15, 0.2) is 60.0 Å². The van der Waals surface area contributed by atoms with Crippen LogP contribution in [-0.2, 0) is 4.74 Å². The van der Waals surface area contributed by atoms with Gasteiger partial charge in [-0.3, -0.25) is 5.41 Å². The third kappa shape index (κ3) is 3.62. The molecule has 126 valence electrons. The average molecular weight is 324 g/mol. The van der Waals surface area contributed by atoms with E-state index >= 15 is 0 Å². The summed E-state index contributed by atoms with van der Waals surface area (Å²) >= 11 is 0. The summed E-state index contributed by atoms with van der Waals surface area (Å²) in [7, 11) is 1.84. The Balaban J connectivity index is 1.78. The van der Waals surface area contributed by atoms with Gasteiger partial charge in [0.1, 0.15) is 6.10 Å². The molecule has 0 spiro atoms. The molecular weight excluding hydrogens is 300 g/mol. The van der Waals surface area contributed by atoms with Gasteiger partial charge >= 0.3 is 0 Å². The maximum Gasteiger partial charge on any atom is 0.188 e. The number of nitrogens with one attached hydrogen (secondary N) is 2. The van der Waals surface area contributed by atoms with Crippen LogP contribution in [0.25, 0.3) is 0 Å². The van der Waals surface area contributed by atoms with Crippen LogP contribution in [0.2, 0.25) is 0 Å². The number of ether oxygens (including phenoxy) is 1. The van der Waals surface area contributed by atoms with E-state index in [9.17, 15) is 0 Å². The van der Waals surface area contributed by atoms with Gasteiger partial charge in [-0.1, -0.05) is 36.4 Å². The van der Waals surface area contributed by atoms with Gasteiger partial charge in [-0.25, -0.2) is 0 Å². The Morgan fingerprint density at radius 1 is 1.42 bits per heavy atom. The maximum absolute atomic E-state index is 7.44. The lowest BCUT2D eigenvalue weighted by atomic mass is 9.99. The van der Waals surface area contributed by atoms with Crippen molar-refractivity contribution in [2.75, 3.05) is 18.9 Å². The first-order valence-corrected chi connectivity index (χ1v) is 8.29. The molecule has 0 amide bonds. The summed E-state index contributed by atoms with van der Waals surface area (Å²) in [5.41, 5.74) is 9.92. The molecule has 5 heteroatoms. The number of allylic oxidation sites excluding steroid dienone is 3. The van der Waals surface area contributed by atoms with Gasteiger partial charge in [0.05, 0.1) is 6.26 Å². The van der Waals surface area contributed by atoms with E-state index < -0.39 is 0 Å². The van der Waals surface area contributed by atoms with E-state index in [0.29, 0.717) is 0 Å². The Kier molecular flexibility index (Phi) is 4.89. The Hall–Kier alpha value is -2.69. The highest BCUT2D eigenvalue weighted by molar-refractivity contribution is 5.74.